The van der Waals surface area contributed by atoms with Crippen LogP contribution in [0.25, 0.3) is 0 Å². The maximum Gasteiger partial charge on any atom is 0.274 e. The van der Waals surface area contributed by atoms with Gasteiger partial charge in [0, 0.05) is 29.1 Å². The number of aromatic nitrogens is 1. The summed E-state index contributed by atoms with van der Waals surface area (Å²) in [7, 11) is 0. The van der Waals surface area contributed by atoms with E-state index in [-0.39, 0.29) is 11.6 Å². The zero-order valence-corrected chi connectivity index (χ0v) is 12.8. The first-order chi connectivity index (χ1) is 10.0. The van der Waals surface area contributed by atoms with Gasteiger partial charge in [0.05, 0.1) is 4.92 Å². The number of hydrogen-bond donors (Lipinski definition) is 1. The molecule has 1 aromatic heterocycles. The molecule has 108 valence electrons. The molecule has 2 aromatic rings. The van der Waals surface area contributed by atoms with Crippen molar-refractivity contribution in [3.05, 3.63) is 62.4 Å². The van der Waals surface area contributed by atoms with Crippen LogP contribution in [-0.2, 0) is 6.42 Å². The number of halogens is 1. The number of nitro benzene ring substituents is 1. The van der Waals surface area contributed by atoms with Crippen LogP contribution in [0.15, 0.2) is 41.1 Å². The van der Waals surface area contributed by atoms with Gasteiger partial charge in [0.15, 0.2) is 0 Å². The molecule has 0 saturated heterocycles. The lowest BCUT2D eigenvalue weighted by atomic mass is 10.1. The van der Waals surface area contributed by atoms with Crippen LogP contribution in [0.5, 0.6) is 0 Å². The minimum absolute atomic E-state index is 0.00575. The molecule has 0 fully saturated rings. The van der Waals surface area contributed by atoms with E-state index in [1.165, 1.54) is 12.3 Å². The first-order valence-corrected chi connectivity index (χ1v) is 7.00. The van der Waals surface area contributed by atoms with Gasteiger partial charge in [-0.1, -0.05) is 13.0 Å². The highest BCUT2D eigenvalue weighted by atomic mass is 79.9. The maximum atomic E-state index is 12.1. The van der Waals surface area contributed by atoms with Crippen LogP contribution < -0.4 is 5.32 Å². The fraction of sp³-hybridized carbons (Fsp3) is 0.143. The van der Waals surface area contributed by atoms with Gasteiger partial charge in [-0.2, -0.15) is 0 Å². The molecule has 0 spiro atoms. The number of amides is 1. The van der Waals surface area contributed by atoms with E-state index in [1.807, 2.05) is 6.92 Å². The topological polar surface area (TPSA) is 85.1 Å². The molecule has 0 aliphatic carbocycles. The van der Waals surface area contributed by atoms with Crippen molar-refractivity contribution in [2.45, 2.75) is 13.3 Å². The Morgan fingerprint density at radius 1 is 1.38 bits per heavy atom. The highest BCUT2D eigenvalue weighted by molar-refractivity contribution is 9.10. The average molecular weight is 350 g/mol. The van der Waals surface area contributed by atoms with Crippen molar-refractivity contribution in [3.63, 3.8) is 0 Å². The zero-order chi connectivity index (χ0) is 15.4. The predicted molar refractivity (Wildman–Crippen MR) is 82.4 cm³/mol. The van der Waals surface area contributed by atoms with Gasteiger partial charge in [-0.25, -0.2) is 4.98 Å². The standard InChI is InChI=1S/C14H12BrN3O3/c1-2-9-3-4-11(8-12(9)18(20)21)17-14(19)10-5-6-16-13(15)7-10/h3-8H,2H2,1H3,(H,17,19). The molecule has 0 atom stereocenters. The summed E-state index contributed by atoms with van der Waals surface area (Å²) in [6.07, 6.45) is 2.06. The second kappa shape index (κ2) is 6.45. The monoisotopic (exact) mass is 349 g/mol. The number of anilines is 1. The van der Waals surface area contributed by atoms with Gasteiger partial charge in [-0.15, -0.1) is 0 Å². The quantitative estimate of drug-likeness (QED) is 0.519. The summed E-state index contributed by atoms with van der Waals surface area (Å²) in [5.74, 6) is -0.350. The van der Waals surface area contributed by atoms with E-state index < -0.39 is 4.92 Å². The van der Waals surface area contributed by atoms with Gasteiger partial charge in [0.25, 0.3) is 11.6 Å². The minimum Gasteiger partial charge on any atom is -0.322 e. The van der Waals surface area contributed by atoms with E-state index in [1.54, 1.807) is 24.3 Å². The third kappa shape index (κ3) is 3.63. The van der Waals surface area contributed by atoms with Crippen LogP contribution in [0, 0.1) is 10.1 Å². The predicted octanol–water partition coefficient (Wildman–Crippen LogP) is 3.57. The molecular weight excluding hydrogens is 338 g/mol. The van der Waals surface area contributed by atoms with E-state index >= 15 is 0 Å². The minimum atomic E-state index is -0.447. The molecule has 1 amide bonds. The Bertz CT molecular complexity index is 704. The van der Waals surface area contributed by atoms with E-state index in [9.17, 15) is 14.9 Å². The van der Waals surface area contributed by atoms with E-state index in [0.717, 1.165) is 0 Å². The summed E-state index contributed by atoms with van der Waals surface area (Å²) in [6, 6.07) is 7.81. The molecule has 0 unspecified atom stereocenters. The second-order valence-electron chi connectivity index (χ2n) is 4.28. The number of rotatable bonds is 4. The second-order valence-corrected chi connectivity index (χ2v) is 5.09. The summed E-state index contributed by atoms with van der Waals surface area (Å²) in [4.78, 5) is 26.6. The first-order valence-electron chi connectivity index (χ1n) is 6.21. The lowest BCUT2D eigenvalue weighted by molar-refractivity contribution is -0.385. The number of aryl methyl sites for hydroxylation is 1. The molecule has 1 heterocycles. The number of nitrogens with one attached hydrogen (secondary N) is 1. The molecule has 6 nitrogen and oxygen atoms in total. The highest BCUT2D eigenvalue weighted by Gasteiger charge is 2.14. The largest absolute Gasteiger partial charge is 0.322 e. The van der Waals surface area contributed by atoms with Crippen LogP contribution >= 0.6 is 15.9 Å². The summed E-state index contributed by atoms with van der Waals surface area (Å²) in [5.41, 5.74) is 1.44. The number of hydrogen-bond acceptors (Lipinski definition) is 4. The van der Waals surface area contributed by atoms with Gasteiger partial charge >= 0.3 is 0 Å². The summed E-state index contributed by atoms with van der Waals surface area (Å²) in [5, 5.41) is 13.7. The van der Waals surface area contributed by atoms with Crippen molar-refractivity contribution >= 4 is 33.2 Å². The molecule has 0 radical (unpaired) electrons. The van der Waals surface area contributed by atoms with E-state index in [4.69, 9.17) is 0 Å². The Morgan fingerprint density at radius 2 is 2.14 bits per heavy atom. The summed E-state index contributed by atoms with van der Waals surface area (Å²) in [6.45, 7) is 1.84. The van der Waals surface area contributed by atoms with Crippen LogP contribution in [0.1, 0.15) is 22.8 Å². The normalized spacial score (nSPS) is 10.2. The molecule has 0 aliphatic heterocycles. The number of pyridine rings is 1. The van der Waals surface area contributed by atoms with Crippen LogP contribution in [0.2, 0.25) is 0 Å². The Morgan fingerprint density at radius 3 is 2.76 bits per heavy atom. The van der Waals surface area contributed by atoms with Crippen molar-refractivity contribution in [3.8, 4) is 0 Å². The highest BCUT2D eigenvalue weighted by Crippen LogP contribution is 2.24. The van der Waals surface area contributed by atoms with Gasteiger partial charge in [-0.05, 0) is 40.5 Å². The molecule has 1 N–H and O–H groups in total. The maximum absolute atomic E-state index is 12.1. The number of carbonyl (C=O) groups is 1. The van der Waals surface area contributed by atoms with Crippen molar-refractivity contribution in [2.75, 3.05) is 5.32 Å². The third-order valence-corrected chi connectivity index (χ3v) is 3.34. The fourth-order valence-corrected chi connectivity index (χ4v) is 2.22. The van der Waals surface area contributed by atoms with Crippen molar-refractivity contribution in [2.24, 2.45) is 0 Å². The number of nitro groups is 1. The van der Waals surface area contributed by atoms with Crippen LogP contribution in [0.4, 0.5) is 11.4 Å². The van der Waals surface area contributed by atoms with Gasteiger partial charge in [0.2, 0.25) is 0 Å². The van der Waals surface area contributed by atoms with Gasteiger partial charge in [0.1, 0.15) is 4.60 Å². The molecular formula is C14H12BrN3O3. The Labute approximate surface area is 129 Å². The Balaban J connectivity index is 2.25. The van der Waals surface area contributed by atoms with Crippen LogP contribution in [-0.4, -0.2) is 15.8 Å². The van der Waals surface area contributed by atoms with Crippen molar-refractivity contribution in [1.29, 1.82) is 0 Å². The molecule has 0 saturated carbocycles. The van der Waals surface area contributed by atoms with Gasteiger partial charge < -0.3 is 5.32 Å². The lowest BCUT2D eigenvalue weighted by Crippen LogP contribution is -2.12. The fourth-order valence-electron chi connectivity index (χ4n) is 1.86. The number of benzene rings is 1. The molecule has 0 bridgehead atoms. The van der Waals surface area contributed by atoms with Gasteiger partial charge in [-0.3, -0.25) is 14.9 Å². The van der Waals surface area contributed by atoms with E-state index in [0.29, 0.717) is 27.8 Å². The van der Waals surface area contributed by atoms with Crippen molar-refractivity contribution in [1.82, 2.24) is 4.98 Å². The number of carbonyl (C=O) groups excluding carboxylic acids is 1. The molecule has 1 aromatic carbocycles. The lowest BCUT2D eigenvalue weighted by Gasteiger charge is -2.07. The Hall–Kier alpha value is -2.28. The number of nitrogens with zero attached hydrogens (tertiary/aromatic N) is 2. The molecule has 2 rings (SSSR count). The summed E-state index contributed by atoms with van der Waals surface area (Å²) >= 11 is 3.18. The third-order valence-electron chi connectivity index (χ3n) is 2.91. The average Bonchev–Trinajstić information content (AvgIpc) is 2.47. The summed E-state index contributed by atoms with van der Waals surface area (Å²) < 4.78 is 0.544. The Kier molecular flexibility index (Phi) is 4.64. The first kappa shape index (κ1) is 15.1. The SMILES string of the molecule is CCc1ccc(NC(=O)c2ccnc(Br)c2)cc1[N+](=O)[O-]. The van der Waals surface area contributed by atoms with E-state index in [2.05, 4.69) is 26.2 Å². The van der Waals surface area contributed by atoms with Crippen LogP contribution in [0.3, 0.4) is 0 Å². The molecule has 7 heteroatoms. The van der Waals surface area contributed by atoms with Crippen molar-refractivity contribution < 1.29 is 9.72 Å². The molecule has 0 aliphatic rings. The zero-order valence-electron chi connectivity index (χ0n) is 11.2. The smallest absolute Gasteiger partial charge is 0.274 e. The molecule has 21 heavy (non-hydrogen) atoms.